The molecular formula is C14H12N2O3S. The van der Waals surface area contributed by atoms with E-state index >= 15 is 0 Å². The number of ether oxygens (including phenoxy) is 1. The van der Waals surface area contributed by atoms with E-state index in [4.69, 9.17) is 9.84 Å². The van der Waals surface area contributed by atoms with E-state index in [9.17, 15) is 4.79 Å². The highest BCUT2D eigenvalue weighted by molar-refractivity contribution is 7.15. The van der Waals surface area contributed by atoms with E-state index in [2.05, 4.69) is 4.98 Å². The summed E-state index contributed by atoms with van der Waals surface area (Å²) in [5.41, 5.74) is 2.60. The summed E-state index contributed by atoms with van der Waals surface area (Å²) in [6.45, 7) is 0. The molecule has 2 aromatic heterocycles. The average Bonchev–Trinajstić information content (AvgIpc) is 2.98. The number of hydrogen-bond acceptors (Lipinski definition) is 4. The van der Waals surface area contributed by atoms with Gasteiger partial charge in [0.1, 0.15) is 5.75 Å². The van der Waals surface area contributed by atoms with Crippen molar-refractivity contribution in [2.75, 3.05) is 7.11 Å². The molecule has 0 aliphatic rings. The van der Waals surface area contributed by atoms with Crippen molar-refractivity contribution in [3.8, 4) is 17.0 Å². The molecule has 0 saturated heterocycles. The van der Waals surface area contributed by atoms with Crippen LogP contribution in [0.3, 0.4) is 0 Å². The van der Waals surface area contributed by atoms with Gasteiger partial charge in [-0.3, -0.25) is 9.20 Å². The molecule has 0 saturated carbocycles. The van der Waals surface area contributed by atoms with Crippen LogP contribution in [0.4, 0.5) is 0 Å². The number of aromatic nitrogens is 2. The van der Waals surface area contributed by atoms with Crippen molar-refractivity contribution in [3.05, 3.63) is 41.5 Å². The number of benzene rings is 1. The van der Waals surface area contributed by atoms with Crippen LogP contribution >= 0.6 is 11.3 Å². The monoisotopic (exact) mass is 288 g/mol. The maximum atomic E-state index is 10.7. The molecule has 5 nitrogen and oxygen atoms in total. The van der Waals surface area contributed by atoms with Gasteiger partial charge >= 0.3 is 5.97 Å². The first-order chi connectivity index (χ1) is 9.67. The number of thiazole rings is 1. The summed E-state index contributed by atoms with van der Waals surface area (Å²) < 4.78 is 7.06. The van der Waals surface area contributed by atoms with E-state index in [1.807, 2.05) is 34.0 Å². The van der Waals surface area contributed by atoms with Crippen LogP contribution in [0.15, 0.2) is 35.8 Å². The van der Waals surface area contributed by atoms with Crippen LogP contribution in [0, 0.1) is 0 Å². The van der Waals surface area contributed by atoms with E-state index < -0.39 is 5.97 Å². The lowest BCUT2D eigenvalue weighted by molar-refractivity contribution is -0.136. The molecule has 6 heteroatoms. The molecular weight excluding hydrogens is 276 g/mol. The average molecular weight is 288 g/mol. The van der Waals surface area contributed by atoms with E-state index in [0.717, 1.165) is 22.0 Å². The fraction of sp³-hybridized carbons (Fsp3) is 0.143. The minimum absolute atomic E-state index is 0.0591. The molecule has 0 spiro atoms. The lowest BCUT2D eigenvalue weighted by Gasteiger charge is -2.02. The molecule has 0 atom stereocenters. The number of aliphatic carboxylic acids is 1. The Bertz CT molecular complexity index is 758. The maximum absolute atomic E-state index is 10.7. The smallest absolute Gasteiger partial charge is 0.309 e. The van der Waals surface area contributed by atoms with Crippen molar-refractivity contribution in [2.45, 2.75) is 6.42 Å². The highest BCUT2D eigenvalue weighted by atomic mass is 32.1. The molecule has 0 fully saturated rings. The molecule has 0 unspecified atom stereocenters. The van der Waals surface area contributed by atoms with Gasteiger partial charge in [-0.1, -0.05) is 0 Å². The van der Waals surface area contributed by atoms with Crippen molar-refractivity contribution < 1.29 is 14.6 Å². The number of hydrogen-bond donors (Lipinski definition) is 1. The number of methoxy groups -OCH3 is 1. The van der Waals surface area contributed by atoms with Gasteiger partial charge in [-0.05, 0) is 29.8 Å². The van der Waals surface area contributed by atoms with Crippen LogP contribution in [-0.2, 0) is 11.2 Å². The van der Waals surface area contributed by atoms with E-state index in [1.165, 1.54) is 11.3 Å². The molecule has 2 heterocycles. The van der Waals surface area contributed by atoms with Gasteiger partial charge in [-0.25, -0.2) is 4.98 Å². The van der Waals surface area contributed by atoms with E-state index in [0.29, 0.717) is 5.69 Å². The van der Waals surface area contributed by atoms with Crippen molar-refractivity contribution >= 4 is 22.3 Å². The Labute approximate surface area is 119 Å². The highest BCUT2D eigenvalue weighted by Gasteiger charge is 2.11. The topological polar surface area (TPSA) is 63.8 Å². The van der Waals surface area contributed by atoms with Gasteiger partial charge in [0.25, 0.3) is 0 Å². The van der Waals surface area contributed by atoms with Crippen LogP contribution in [0.25, 0.3) is 16.2 Å². The number of fused-ring (bicyclic) bond motifs is 1. The minimum atomic E-state index is -0.873. The second-order valence-corrected chi connectivity index (χ2v) is 5.14. The SMILES string of the molecule is COc1ccc(-c2csc3nc(CC(=O)O)cn23)cc1. The van der Waals surface area contributed by atoms with Gasteiger partial charge in [0, 0.05) is 11.6 Å². The Morgan fingerprint density at radius 1 is 1.40 bits per heavy atom. The molecule has 20 heavy (non-hydrogen) atoms. The van der Waals surface area contributed by atoms with Crippen LogP contribution in [0.5, 0.6) is 5.75 Å². The first-order valence-electron chi connectivity index (χ1n) is 5.99. The van der Waals surface area contributed by atoms with Gasteiger partial charge in [0.2, 0.25) is 0 Å². The second-order valence-electron chi connectivity index (χ2n) is 4.30. The summed E-state index contributed by atoms with van der Waals surface area (Å²) in [5, 5.41) is 10.8. The van der Waals surface area contributed by atoms with Crippen LogP contribution in [0.1, 0.15) is 5.69 Å². The maximum Gasteiger partial charge on any atom is 0.309 e. The van der Waals surface area contributed by atoms with Gasteiger partial charge < -0.3 is 9.84 Å². The fourth-order valence-electron chi connectivity index (χ4n) is 2.04. The lowest BCUT2D eigenvalue weighted by atomic mass is 10.2. The summed E-state index contributed by atoms with van der Waals surface area (Å²) >= 11 is 1.49. The standard InChI is InChI=1S/C14H12N2O3S/c1-19-11-4-2-9(3-5-11)12-8-20-14-15-10(6-13(17)18)7-16(12)14/h2-5,7-8H,6H2,1H3,(H,17,18). The van der Waals surface area contributed by atoms with Gasteiger partial charge in [0.15, 0.2) is 4.96 Å². The first kappa shape index (κ1) is 12.7. The zero-order chi connectivity index (χ0) is 14.1. The molecule has 3 rings (SSSR count). The molecule has 0 aliphatic carbocycles. The van der Waals surface area contributed by atoms with Gasteiger partial charge in [-0.15, -0.1) is 11.3 Å². The summed E-state index contributed by atoms with van der Waals surface area (Å²) in [4.78, 5) is 15.8. The molecule has 1 aromatic carbocycles. The lowest BCUT2D eigenvalue weighted by Crippen LogP contribution is -1.99. The number of imidazole rings is 1. The number of carbonyl (C=O) groups is 1. The van der Waals surface area contributed by atoms with Gasteiger partial charge in [0.05, 0.1) is 24.9 Å². The van der Waals surface area contributed by atoms with Crippen molar-refractivity contribution in [2.24, 2.45) is 0 Å². The third kappa shape index (κ3) is 2.25. The Morgan fingerprint density at radius 2 is 2.15 bits per heavy atom. The zero-order valence-corrected chi connectivity index (χ0v) is 11.6. The number of nitrogens with zero attached hydrogens (tertiary/aromatic N) is 2. The predicted molar refractivity (Wildman–Crippen MR) is 76.4 cm³/mol. The Kier molecular flexibility index (Phi) is 3.15. The minimum Gasteiger partial charge on any atom is -0.497 e. The van der Waals surface area contributed by atoms with Crippen LogP contribution in [0.2, 0.25) is 0 Å². The summed E-state index contributed by atoms with van der Waals surface area (Å²) in [6, 6.07) is 7.73. The summed E-state index contributed by atoms with van der Waals surface area (Å²) in [6.07, 6.45) is 1.72. The van der Waals surface area contributed by atoms with Crippen molar-refractivity contribution in [1.29, 1.82) is 0 Å². The Morgan fingerprint density at radius 3 is 2.80 bits per heavy atom. The summed E-state index contributed by atoms with van der Waals surface area (Å²) in [5.74, 6) is -0.0702. The molecule has 102 valence electrons. The predicted octanol–water partition coefficient (Wildman–Crippen LogP) is 2.70. The highest BCUT2D eigenvalue weighted by Crippen LogP contribution is 2.27. The third-order valence-corrected chi connectivity index (χ3v) is 3.82. The van der Waals surface area contributed by atoms with Crippen molar-refractivity contribution in [3.63, 3.8) is 0 Å². The van der Waals surface area contributed by atoms with Crippen molar-refractivity contribution in [1.82, 2.24) is 9.38 Å². The largest absolute Gasteiger partial charge is 0.497 e. The molecule has 0 amide bonds. The normalized spacial score (nSPS) is 10.8. The third-order valence-electron chi connectivity index (χ3n) is 2.98. The number of carboxylic acid groups (broad SMARTS) is 1. The van der Waals surface area contributed by atoms with Crippen LogP contribution < -0.4 is 4.74 Å². The molecule has 3 aromatic rings. The molecule has 0 aliphatic heterocycles. The Balaban J connectivity index is 2.01. The second kappa shape index (κ2) is 4.97. The molecule has 0 bridgehead atoms. The number of rotatable bonds is 4. The first-order valence-corrected chi connectivity index (χ1v) is 6.87. The quantitative estimate of drug-likeness (QED) is 0.801. The fourth-order valence-corrected chi connectivity index (χ4v) is 2.94. The summed E-state index contributed by atoms with van der Waals surface area (Å²) in [7, 11) is 1.63. The Hall–Kier alpha value is -2.34. The van der Waals surface area contributed by atoms with Gasteiger partial charge in [-0.2, -0.15) is 0 Å². The molecule has 1 N–H and O–H groups in total. The number of carboxylic acids is 1. The zero-order valence-electron chi connectivity index (χ0n) is 10.7. The van der Waals surface area contributed by atoms with E-state index in [-0.39, 0.29) is 6.42 Å². The van der Waals surface area contributed by atoms with Crippen LogP contribution in [-0.4, -0.2) is 27.6 Å². The molecule has 0 radical (unpaired) electrons. The van der Waals surface area contributed by atoms with E-state index in [1.54, 1.807) is 13.3 Å².